The third kappa shape index (κ3) is 4.32. The van der Waals surface area contributed by atoms with Crippen molar-refractivity contribution in [1.82, 2.24) is 4.57 Å². The van der Waals surface area contributed by atoms with E-state index in [0.717, 1.165) is 55.3 Å². The van der Waals surface area contributed by atoms with Gasteiger partial charge >= 0.3 is 0 Å². The molecule has 0 amide bonds. The van der Waals surface area contributed by atoms with Crippen molar-refractivity contribution in [3.8, 4) is 39.1 Å². The van der Waals surface area contributed by atoms with Crippen molar-refractivity contribution in [3.05, 3.63) is 188 Å². The molecule has 55 heavy (non-hydrogen) atoms. The predicted molar refractivity (Wildman–Crippen MR) is 229 cm³/mol. The van der Waals surface area contributed by atoms with Gasteiger partial charge in [-0.25, -0.2) is 0 Å². The molecule has 0 N–H and O–H groups in total. The topological polar surface area (TPSA) is 31.2 Å². The minimum absolute atomic E-state index is 0.820. The van der Waals surface area contributed by atoms with Crippen LogP contribution in [0.25, 0.3) is 115 Å². The Kier molecular flexibility index (Phi) is 6.34. The largest absolute Gasteiger partial charge is 0.464 e. The van der Waals surface area contributed by atoms with E-state index in [1.54, 1.807) is 0 Å². The Hall–Kier alpha value is -7.36. The van der Waals surface area contributed by atoms with Crippen molar-refractivity contribution >= 4 is 76.3 Å². The van der Waals surface area contributed by atoms with Crippen molar-refractivity contribution in [2.75, 3.05) is 0 Å². The van der Waals surface area contributed by atoms with Crippen molar-refractivity contribution < 1.29 is 8.83 Å². The van der Waals surface area contributed by atoms with Crippen LogP contribution in [0.2, 0.25) is 0 Å². The van der Waals surface area contributed by atoms with Crippen molar-refractivity contribution in [3.63, 3.8) is 0 Å². The SMILES string of the molecule is c1ccc(-c2coc3ccc4c5ccc(-c6c7ccccc7c(-c7cccc8c7c7ccccc7n8-c7ccccc7)c7ccccc67)cc5oc4c23)cc1. The van der Waals surface area contributed by atoms with Gasteiger partial charge in [0.15, 0.2) is 0 Å². The summed E-state index contributed by atoms with van der Waals surface area (Å²) in [5.41, 5.74) is 13.0. The first-order valence-corrected chi connectivity index (χ1v) is 18.8. The van der Waals surface area contributed by atoms with Crippen molar-refractivity contribution in [1.29, 1.82) is 0 Å². The fourth-order valence-corrected chi connectivity index (χ4v) is 9.15. The van der Waals surface area contributed by atoms with Crippen LogP contribution in [-0.4, -0.2) is 4.57 Å². The number of fused-ring (bicyclic) bond motifs is 10. The Morgan fingerprint density at radius 2 is 0.982 bits per heavy atom. The molecule has 12 rings (SSSR count). The molecule has 12 aromatic rings. The third-order valence-corrected chi connectivity index (χ3v) is 11.5. The van der Waals surface area contributed by atoms with E-state index < -0.39 is 0 Å². The molecule has 0 bridgehead atoms. The Labute approximate surface area is 315 Å². The van der Waals surface area contributed by atoms with Crippen LogP contribution in [0, 0.1) is 0 Å². The molecule has 0 spiro atoms. The molecular weight excluding hydrogens is 671 g/mol. The maximum absolute atomic E-state index is 6.83. The smallest absolute Gasteiger partial charge is 0.147 e. The van der Waals surface area contributed by atoms with E-state index in [1.165, 1.54) is 60.0 Å². The lowest BCUT2D eigenvalue weighted by Crippen LogP contribution is -1.93. The van der Waals surface area contributed by atoms with Crippen LogP contribution in [0.4, 0.5) is 0 Å². The van der Waals surface area contributed by atoms with Gasteiger partial charge in [0.1, 0.15) is 16.7 Å². The summed E-state index contributed by atoms with van der Waals surface area (Å²) in [5.74, 6) is 0. The van der Waals surface area contributed by atoms with Gasteiger partial charge in [0.05, 0.1) is 22.7 Å². The summed E-state index contributed by atoms with van der Waals surface area (Å²) in [5, 5.41) is 10.5. The van der Waals surface area contributed by atoms with E-state index in [1.807, 2.05) is 12.3 Å². The van der Waals surface area contributed by atoms with E-state index >= 15 is 0 Å². The van der Waals surface area contributed by atoms with E-state index in [2.05, 4.69) is 180 Å². The van der Waals surface area contributed by atoms with Crippen LogP contribution in [0.15, 0.2) is 197 Å². The quantitative estimate of drug-likeness (QED) is 0.171. The van der Waals surface area contributed by atoms with E-state index in [4.69, 9.17) is 8.83 Å². The molecule has 0 saturated carbocycles. The fourth-order valence-electron chi connectivity index (χ4n) is 9.15. The van der Waals surface area contributed by atoms with Gasteiger partial charge in [-0.15, -0.1) is 0 Å². The number of rotatable bonds is 4. The number of benzene rings is 9. The zero-order valence-electron chi connectivity index (χ0n) is 29.7. The number of para-hydroxylation sites is 2. The van der Waals surface area contributed by atoms with Gasteiger partial charge in [0.2, 0.25) is 0 Å². The van der Waals surface area contributed by atoms with Crippen LogP contribution in [-0.2, 0) is 0 Å². The van der Waals surface area contributed by atoms with Crippen LogP contribution >= 0.6 is 0 Å². The number of nitrogens with zero attached hydrogens (tertiary/aromatic N) is 1. The lowest BCUT2D eigenvalue weighted by molar-refractivity contribution is 0.616. The Bertz CT molecular complexity index is 3420. The van der Waals surface area contributed by atoms with Crippen LogP contribution < -0.4 is 0 Å². The summed E-state index contributed by atoms with van der Waals surface area (Å²) in [4.78, 5) is 0. The van der Waals surface area contributed by atoms with E-state index in [9.17, 15) is 0 Å². The molecule has 3 aromatic heterocycles. The molecule has 0 radical (unpaired) electrons. The maximum atomic E-state index is 6.83. The Morgan fingerprint density at radius 1 is 0.364 bits per heavy atom. The summed E-state index contributed by atoms with van der Waals surface area (Å²) < 4.78 is 15.3. The van der Waals surface area contributed by atoms with Crippen LogP contribution in [0.5, 0.6) is 0 Å². The lowest BCUT2D eigenvalue weighted by atomic mass is 9.85. The standard InChI is InChI=1S/C52H31NO2/c1-3-14-32(15-4-1)43-31-54-46-29-28-40-35-27-26-33(30-47(35)55-52(40)51(43)46)48-36-18-7-9-20-38(36)49(39-21-10-8-19-37(39)48)42-23-13-25-45-50(42)41-22-11-12-24-44(41)53(45)34-16-5-2-6-17-34/h1-31H. The van der Waals surface area contributed by atoms with Gasteiger partial charge in [-0.2, -0.15) is 0 Å². The second-order valence-corrected chi connectivity index (χ2v) is 14.4. The highest BCUT2D eigenvalue weighted by Gasteiger charge is 2.23. The number of hydrogen-bond acceptors (Lipinski definition) is 2. The summed E-state index contributed by atoms with van der Waals surface area (Å²) in [6, 6.07) is 65.3. The molecule has 0 fully saturated rings. The molecule has 9 aromatic carbocycles. The Morgan fingerprint density at radius 3 is 1.73 bits per heavy atom. The first-order valence-electron chi connectivity index (χ1n) is 18.8. The molecule has 0 aliphatic carbocycles. The zero-order valence-corrected chi connectivity index (χ0v) is 29.7. The molecule has 0 aliphatic rings. The zero-order chi connectivity index (χ0) is 36.0. The molecule has 3 heterocycles. The predicted octanol–water partition coefficient (Wildman–Crippen LogP) is 14.7. The average Bonchev–Trinajstić information content (AvgIpc) is 3.95. The summed E-state index contributed by atoms with van der Waals surface area (Å²) >= 11 is 0. The molecule has 3 heteroatoms. The van der Waals surface area contributed by atoms with Crippen molar-refractivity contribution in [2.24, 2.45) is 0 Å². The lowest BCUT2D eigenvalue weighted by Gasteiger charge is -2.18. The molecule has 0 aliphatic heterocycles. The first kappa shape index (κ1) is 30.1. The maximum Gasteiger partial charge on any atom is 0.147 e. The first-order chi connectivity index (χ1) is 27.3. The van der Waals surface area contributed by atoms with Crippen molar-refractivity contribution in [2.45, 2.75) is 0 Å². The van der Waals surface area contributed by atoms with Gasteiger partial charge in [0, 0.05) is 32.8 Å². The highest BCUT2D eigenvalue weighted by atomic mass is 16.3. The number of aromatic nitrogens is 1. The highest BCUT2D eigenvalue weighted by molar-refractivity contribution is 6.27. The summed E-state index contributed by atoms with van der Waals surface area (Å²) in [6.45, 7) is 0. The average molecular weight is 702 g/mol. The van der Waals surface area contributed by atoms with E-state index in [-0.39, 0.29) is 0 Å². The Balaban J connectivity index is 1.13. The minimum Gasteiger partial charge on any atom is -0.464 e. The van der Waals surface area contributed by atoms with Crippen LogP contribution in [0.3, 0.4) is 0 Å². The molecule has 3 nitrogen and oxygen atoms in total. The number of hydrogen-bond donors (Lipinski definition) is 0. The summed E-state index contributed by atoms with van der Waals surface area (Å²) in [7, 11) is 0. The van der Waals surface area contributed by atoms with Gasteiger partial charge < -0.3 is 13.4 Å². The molecular formula is C52H31NO2. The van der Waals surface area contributed by atoms with Gasteiger partial charge in [-0.05, 0) is 97.9 Å². The molecule has 0 unspecified atom stereocenters. The van der Waals surface area contributed by atoms with E-state index in [0.29, 0.717) is 0 Å². The van der Waals surface area contributed by atoms with Gasteiger partial charge in [0.25, 0.3) is 0 Å². The van der Waals surface area contributed by atoms with Gasteiger partial charge in [-0.1, -0.05) is 133 Å². The molecule has 256 valence electrons. The molecule has 0 saturated heterocycles. The fraction of sp³-hybridized carbons (Fsp3) is 0. The highest BCUT2D eigenvalue weighted by Crippen LogP contribution is 2.48. The minimum atomic E-state index is 0.820. The second kappa shape index (κ2) is 11.6. The third-order valence-electron chi connectivity index (χ3n) is 11.5. The summed E-state index contributed by atoms with van der Waals surface area (Å²) in [6.07, 6.45) is 1.85. The monoisotopic (exact) mass is 701 g/mol. The van der Waals surface area contributed by atoms with Crippen LogP contribution in [0.1, 0.15) is 0 Å². The number of furan rings is 2. The molecule has 0 atom stereocenters. The second-order valence-electron chi connectivity index (χ2n) is 14.4. The normalized spacial score (nSPS) is 12.0. The van der Waals surface area contributed by atoms with Gasteiger partial charge in [-0.3, -0.25) is 0 Å².